The number of ketones is 1. The number of amides is 1. The fourth-order valence-electron chi connectivity index (χ4n) is 6.98. The molecule has 190 valence electrons. The van der Waals surface area contributed by atoms with Crippen molar-refractivity contribution in [1.82, 2.24) is 5.32 Å². The fourth-order valence-corrected chi connectivity index (χ4v) is 6.98. The predicted molar refractivity (Wildman–Crippen MR) is 127 cm³/mol. The molecule has 2 heterocycles. The first-order chi connectivity index (χ1) is 17.1. The molecule has 1 N–H and O–H groups in total. The molecule has 1 aliphatic heterocycles. The van der Waals surface area contributed by atoms with Gasteiger partial charge in [-0.2, -0.15) is 0 Å². The van der Waals surface area contributed by atoms with E-state index in [-0.39, 0.29) is 24.1 Å². The number of fused-ring (bicyclic) bond motifs is 3. The molecule has 8 nitrogen and oxygen atoms in total. The minimum Gasteiger partial charge on any atom is -0.472 e. The molecule has 0 unspecified atom stereocenters. The van der Waals surface area contributed by atoms with Crippen molar-refractivity contribution in [3.05, 3.63) is 60.1 Å². The van der Waals surface area contributed by atoms with Gasteiger partial charge in [0.2, 0.25) is 0 Å². The monoisotopic (exact) mass is 493 g/mol. The normalized spacial score (nSPS) is 35.7. The highest BCUT2D eigenvalue weighted by Crippen LogP contribution is 2.63. The minimum atomic E-state index is -0.846. The van der Waals surface area contributed by atoms with Crippen LogP contribution in [0.15, 0.2) is 53.3 Å². The van der Waals surface area contributed by atoms with Crippen molar-refractivity contribution < 1.29 is 33.1 Å². The number of nitrogens with one attached hydrogen (secondary N) is 1. The topological polar surface area (TPSA) is 112 Å². The lowest BCUT2D eigenvalue weighted by Gasteiger charge is -2.61. The number of ether oxygens (including phenoxy) is 2. The van der Waals surface area contributed by atoms with Gasteiger partial charge >= 0.3 is 11.9 Å². The average molecular weight is 494 g/mol. The van der Waals surface area contributed by atoms with Gasteiger partial charge in [0.1, 0.15) is 12.2 Å². The molecule has 2 aromatic rings. The lowest BCUT2D eigenvalue weighted by atomic mass is 9.44. The highest BCUT2D eigenvalue weighted by molar-refractivity contribution is 5.99. The molecule has 1 saturated heterocycles. The summed E-state index contributed by atoms with van der Waals surface area (Å²) in [4.78, 5) is 52.5. The first-order valence-corrected chi connectivity index (χ1v) is 12.4. The van der Waals surface area contributed by atoms with Crippen LogP contribution in [0.25, 0.3) is 0 Å². The number of rotatable bonds is 4. The van der Waals surface area contributed by atoms with Crippen LogP contribution >= 0.6 is 0 Å². The standard InChI is InChI=1S/C28H31NO7/c1-16(30)35-22-13-20(29-25(32)17-7-5-4-6-8-17)23(31)24-27(22,2)11-9-19-26(33)36-21(14-28(19,24)3)18-10-12-34-15-18/h4-8,10,12,15,19-22,24H,9,11,13-14H2,1-3H3,(H,29,32)/t19-,20-,21-,22+,24-,27-,28-/m0/s1. The van der Waals surface area contributed by atoms with E-state index in [9.17, 15) is 19.2 Å². The van der Waals surface area contributed by atoms with Crippen molar-refractivity contribution in [2.24, 2.45) is 22.7 Å². The number of benzene rings is 1. The predicted octanol–water partition coefficient (Wildman–Crippen LogP) is 4.01. The zero-order chi connectivity index (χ0) is 25.7. The van der Waals surface area contributed by atoms with Gasteiger partial charge < -0.3 is 19.2 Å². The smallest absolute Gasteiger partial charge is 0.310 e. The summed E-state index contributed by atoms with van der Waals surface area (Å²) in [6.07, 6.45) is 3.65. The Labute approximate surface area is 209 Å². The van der Waals surface area contributed by atoms with Crippen molar-refractivity contribution in [2.45, 2.75) is 64.7 Å². The van der Waals surface area contributed by atoms with Crippen molar-refractivity contribution >= 4 is 23.6 Å². The van der Waals surface area contributed by atoms with Crippen LogP contribution in [0.1, 0.15) is 68.5 Å². The first kappa shape index (κ1) is 24.3. The lowest BCUT2D eigenvalue weighted by molar-refractivity contribution is -0.212. The molecule has 7 atom stereocenters. The van der Waals surface area contributed by atoms with Crippen molar-refractivity contribution in [2.75, 3.05) is 0 Å². The fraction of sp³-hybridized carbons (Fsp3) is 0.500. The van der Waals surface area contributed by atoms with Crippen molar-refractivity contribution in [3.63, 3.8) is 0 Å². The molecule has 1 amide bonds. The summed E-state index contributed by atoms with van der Waals surface area (Å²) < 4.78 is 16.8. The van der Waals surface area contributed by atoms with Crippen LogP contribution in [0.3, 0.4) is 0 Å². The maximum Gasteiger partial charge on any atom is 0.310 e. The van der Waals surface area contributed by atoms with E-state index in [2.05, 4.69) is 5.32 Å². The zero-order valence-electron chi connectivity index (χ0n) is 20.7. The highest BCUT2D eigenvalue weighted by Gasteiger charge is 2.67. The SMILES string of the molecule is CC(=O)O[C@@H]1C[C@H](NC(=O)c2ccccc2)C(=O)[C@H]2[C@@]1(C)CC[C@H]1C(=O)O[C@H](c3ccoc3)C[C@]21C. The van der Waals surface area contributed by atoms with Gasteiger partial charge in [0.15, 0.2) is 5.78 Å². The molecule has 0 bridgehead atoms. The maximum absolute atomic E-state index is 14.2. The molecule has 1 aromatic carbocycles. The largest absolute Gasteiger partial charge is 0.472 e. The Kier molecular flexibility index (Phi) is 6.01. The quantitative estimate of drug-likeness (QED) is 0.641. The summed E-state index contributed by atoms with van der Waals surface area (Å²) in [6, 6.07) is 9.60. The van der Waals surface area contributed by atoms with Crippen LogP contribution in [0.2, 0.25) is 0 Å². The Balaban J connectivity index is 1.53. The molecule has 0 spiro atoms. The number of hydrogen-bond acceptors (Lipinski definition) is 7. The number of carbonyl (C=O) groups excluding carboxylic acids is 4. The summed E-state index contributed by atoms with van der Waals surface area (Å²) in [7, 11) is 0. The van der Waals surface area contributed by atoms with E-state index >= 15 is 0 Å². The van der Waals surface area contributed by atoms with Crippen LogP contribution < -0.4 is 5.32 Å². The van der Waals surface area contributed by atoms with Crippen LogP contribution in [-0.4, -0.2) is 35.8 Å². The summed E-state index contributed by atoms with van der Waals surface area (Å²) in [6.45, 7) is 5.30. The van der Waals surface area contributed by atoms with E-state index in [1.165, 1.54) is 13.2 Å². The number of furan rings is 1. The molecule has 0 radical (unpaired) electrons. The Bertz CT molecular complexity index is 1180. The van der Waals surface area contributed by atoms with Crippen LogP contribution in [0.4, 0.5) is 0 Å². The molecule has 1 aromatic heterocycles. The van der Waals surface area contributed by atoms with E-state index in [0.29, 0.717) is 24.8 Å². The molecule has 36 heavy (non-hydrogen) atoms. The van der Waals surface area contributed by atoms with Crippen LogP contribution in [0.5, 0.6) is 0 Å². The Morgan fingerprint density at radius 1 is 1.08 bits per heavy atom. The van der Waals surface area contributed by atoms with E-state index in [4.69, 9.17) is 13.9 Å². The second kappa shape index (κ2) is 8.91. The van der Waals surface area contributed by atoms with Crippen LogP contribution in [0, 0.1) is 22.7 Å². The molecule has 2 aliphatic carbocycles. The highest BCUT2D eigenvalue weighted by atomic mass is 16.5. The van der Waals surface area contributed by atoms with Gasteiger partial charge in [-0.05, 0) is 42.9 Å². The Morgan fingerprint density at radius 2 is 1.83 bits per heavy atom. The van der Waals surface area contributed by atoms with E-state index < -0.39 is 46.9 Å². The molecule has 8 heteroatoms. The molecule has 2 saturated carbocycles. The van der Waals surface area contributed by atoms with Crippen molar-refractivity contribution in [3.8, 4) is 0 Å². The van der Waals surface area contributed by atoms with Gasteiger partial charge in [-0.15, -0.1) is 0 Å². The molecule has 3 aliphatic rings. The van der Waals surface area contributed by atoms with Gasteiger partial charge in [-0.1, -0.05) is 32.0 Å². The van der Waals surface area contributed by atoms with E-state index in [1.54, 1.807) is 36.6 Å². The minimum absolute atomic E-state index is 0.127. The summed E-state index contributed by atoms with van der Waals surface area (Å²) in [5.74, 6) is -2.35. The number of esters is 2. The number of cyclic esters (lactones) is 1. The van der Waals surface area contributed by atoms with Crippen molar-refractivity contribution in [1.29, 1.82) is 0 Å². The average Bonchev–Trinajstić information content (AvgIpc) is 3.37. The second-order valence-electron chi connectivity index (χ2n) is 10.9. The third-order valence-corrected chi connectivity index (χ3v) is 8.63. The first-order valence-electron chi connectivity index (χ1n) is 12.4. The summed E-state index contributed by atoms with van der Waals surface area (Å²) >= 11 is 0. The third-order valence-electron chi connectivity index (χ3n) is 8.63. The molecular weight excluding hydrogens is 462 g/mol. The van der Waals surface area contributed by atoms with Gasteiger partial charge in [-0.3, -0.25) is 19.2 Å². The van der Waals surface area contributed by atoms with Gasteiger partial charge in [0.25, 0.3) is 5.91 Å². The van der Waals surface area contributed by atoms with E-state index in [0.717, 1.165) is 5.56 Å². The van der Waals surface area contributed by atoms with Gasteiger partial charge in [0, 0.05) is 35.8 Å². The Hall–Kier alpha value is -3.42. The number of carbonyl (C=O) groups is 4. The molecular formula is C28H31NO7. The van der Waals surface area contributed by atoms with Gasteiger partial charge in [-0.25, -0.2) is 0 Å². The second-order valence-corrected chi connectivity index (χ2v) is 10.9. The van der Waals surface area contributed by atoms with E-state index in [1.807, 2.05) is 19.9 Å². The molecule has 3 fully saturated rings. The Morgan fingerprint density at radius 3 is 2.50 bits per heavy atom. The third kappa shape index (κ3) is 3.92. The zero-order valence-corrected chi connectivity index (χ0v) is 20.7. The lowest BCUT2D eigenvalue weighted by Crippen LogP contribution is -2.67. The number of Topliss-reactive ketones (excluding diaryl/α,β-unsaturated/α-hetero) is 1. The number of hydrogen-bond donors (Lipinski definition) is 1. The molecule has 5 rings (SSSR count). The maximum atomic E-state index is 14.2. The summed E-state index contributed by atoms with van der Waals surface area (Å²) in [5, 5.41) is 2.89. The van der Waals surface area contributed by atoms with Crippen LogP contribution in [-0.2, 0) is 23.9 Å². The van der Waals surface area contributed by atoms with Gasteiger partial charge in [0.05, 0.1) is 24.5 Å². The summed E-state index contributed by atoms with van der Waals surface area (Å²) in [5.41, 5.74) is -0.253.